The Labute approximate surface area is 147 Å². The van der Waals surface area contributed by atoms with Crippen molar-refractivity contribution in [1.29, 1.82) is 0 Å². The fourth-order valence-corrected chi connectivity index (χ4v) is 2.98. The molecule has 1 fully saturated rings. The third-order valence-electron chi connectivity index (χ3n) is 4.28. The fraction of sp³-hybridized carbons (Fsp3) is 0.350. The summed E-state index contributed by atoms with van der Waals surface area (Å²) in [5.41, 5.74) is 0.893. The van der Waals surface area contributed by atoms with Crippen LogP contribution in [0.15, 0.2) is 53.2 Å². The Morgan fingerprint density at radius 3 is 2.88 bits per heavy atom. The highest BCUT2D eigenvalue weighted by molar-refractivity contribution is 5.92. The van der Waals surface area contributed by atoms with Gasteiger partial charge in [0.05, 0.1) is 19.0 Å². The van der Waals surface area contributed by atoms with Gasteiger partial charge in [-0.2, -0.15) is 0 Å². The largest absolute Gasteiger partial charge is 0.490 e. The first-order chi connectivity index (χ1) is 12.2. The Morgan fingerprint density at radius 1 is 1.32 bits per heavy atom. The highest BCUT2D eigenvalue weighted by Crippen LogP contribution is 2.24. The van der Waals surface area contributed by atoms with Crippen molar-refractivity contribution in [2.45, 2.75) is 37.8 Å². The van der Waals surface area contributed by atoms with Gasteiger partial charge in [0.25, 0.3) is 0 Å². The van der Waals surface area contributed by atoms with E-state index in [1.54, 1.807) is 18.2 Å². The van der Waals surface area contributed by atoms with Crippen LogP contribution in [-0.4, -0.2) is 23.7 Å². The summed E-state index contributed by atoms with van der Waals surface area (Å²) in [5.74, 6) is 1.06. The van der Waals surface area contributed by atoms with Crippen molar-refractivity contribution in [1.82, 2.24) is 5.32 Å². The molecule has 1 aliphatic carbocycles. The Hall–Kier alpha value is -2.53. The van der Waals surface area contributed by atoms with Crippen LogP contribution in [0, 0.1) is 0 Å². The van der Waals surface area contributed by atoms with Crippen LogP contribution >= 0.6 is 0 Å². The van der Waals surface area contributed by atoms with E-state index in [1.807, 2.05) is 24.3 Å². The lowest BCUT2D eigenvalue weighted by atomic mass is 10.2. The van der Waals surface area contributed by atoms with Gasteiger partial charge in [0.1, 0.15) is 17.6 Å². The van der Waals surface area contributed by atoms with Crippen LogP contribution < -0.4 is 10.1 Å². The van der Waals surface area contributed by atoms with E-state index in [9.17, 15) is 9.90 Å². The molecular formula is C20H23NO4. The van der Waals surface area contributed by atoms with Gasteiger partial charge < -0.3 is 19.6 Å². The van der Waals surface area contributed by atoms with Crippen LogP contribution in [0.25, 0.3) is 6.08 Å². The molecule has 1 aromatic heterocycles. The molecule has 25 heavy (non-hydrogen) atoms. The maximum absolute atomic E-state index is 12.1. The molecule has 1 unspecified atom stereocenters. The van der Waals surface area contributed by atoms with E-state index in [0.717, 1.165) is 24.2 Å². The maximum atomic E-state index is 12.1. The number of furan rings is 1. The smallest absolute Gasteiger partial charge is 0.244 e. The number of amides is 1. The summed E-state index contributed by atoms with van der Waals surface area (Å²) in [5, 5.41) is 12.1. The van der Waals surface area contributed by atoms with E-state index in [1.165, 1.54) is 25.2 Å². The van der Waals surface area contributed by atoms with Crippen LogP contribution in [0.2, 0.25) is 0 Å². The summed E-state index contributed by atoms with van der Waals surface area (Å²) in [6, 6.07) is 10.6. The van der Waals surface area contributed by atoms with Crippen molar-refractivity contribution in [3.63, 3.8) is 0 Å². The minimum absolute atomic E-state index is 0.224. The molecule has 0 radical (unpaired) electrons. The number of carbonyl (C=O) groups excluding carboxylic acids is 1. The minimum atomic E-state index is -0.552. The average molecular weight is 341 g/mol. The molecule has 1 atom stereocenters. The molecular weight excluding hydrogens is 318 g/mol. The topological polar surface area (TPSA) is 71.7 Å². The average Bonchev–Trinajstić information content (AvgIpc) is 3.32. The Morgan fingerprint density at radius 2 is 2.16 bits per heavy atom. The van der Waals surface area contributed by atoms with E-state index < -0.39 is 6.04 Å². The second-order valence-corrected chi connectivity index (χ2v) is 6.19. The van der Waals surface area contributed by atoms with Gasteiger partial charge in [0.2, 0.25) is 5.91 Å². The van der Waals surface area contributed by atoms with Crippen LogP contribution in [0.3, 0.4) is 0 Å². The first kappa shape index (κ1) is 17.3. The number of nitrogens with one attached hydrogen (secondary N) is 1. The van der Waals surface area contributed by atoms with Gasteiger partial charge in [-0.25, -0.2) is 0 Å². The number of hydrogen-bond acceptors (Lipinski definition) is 4. The fourth-order valence-electron chi connectivity index (χ4n) is 2.98. The number of ether oxygens (including phenoxy) is 1. The predicted molar refractivity (Wildman–Crippen MR) is 95.0 cm³/mol. The summed E-state index contributed by atoms with van der Waals surface area (Å²) in [6.07, 6.45) is 9.67. The van der Waals surface area contributed by atoms with E-state index in [2.05, 4.69) is 5.32 Å². The monoisotopic (exact) mass is 341 g/mol. The molecule has 3 rings (SSSR count). The van der Waals surface area contributed by atoms with Crippen molar-refractivity contribution in [3.05, 3.63) is 60.1 Å². The predicted octanol–water partition coefficient (Wildman–Crippen LogP) is 3.46. The zero-order chi connectivity index (χ0) is 17.5. The molecule has 132 valence electrons. The molecule has 1 aromatic carbocycles. The van der Waals surface area contributed by atoms with Gasteiger partial charge in [-0.1, -0.05) is 12.1 Å². The quantitative estimate of drug-likeness (QED) is 0.757. The Kier molecular flexibility index (Phi) is 5.90. The molecule has 1 amide bonds. The van der Waals surface area contributed by atoms with Crippen LogP contribution in [-0.2, 0) is 4.79 Å². The van der Waals surface area contributed by atoms with Gasteiger partial charge in [0, 0.05) is 6.08 Å². The molecule has 0 bridgehead atoms. The first-order valence-corrected chi connectivity index (χ1v) is 8.64. The van der Waals surface area contributed by atoms with Crippen molar-refractivity contribution in [3.8, 4) is 5.75 Å². The normalized spacial score (nSPS) is 16.2. The van der Waals surface area contributed by atoms with E-state index in [0.29, 0.717) is 11.9 Å². The molecule has 2 aromatic rings. The van der Waals surface area contributed by atoms with E-state index in [-0.39, 0.29) is 12.5 Å². The third kappa shape index (κ3) is 4.97. The number of carbonyl (C=O) groups is 1. The minimum Gasteiger partial charge on any atom is -0.490 e. The van der Waals surface area contributed by atoms with Gasteiger partial charge in [-0.05, 0) is 61.6 Å². The van der Waals surface area contributed by atoms with E-state index in [4.69, 9.17) is 9.15 Å². The van der Waals surface area contributed by atoms with Crippen molar-refractivity contribution >= 4 is 12.0 Å². The van der Waals surface area contributed by atoms with Gasteiger partial charge in [-0.3, -0.25) is 4.79 Å². The molecule has 0 spiro atoms. The summed E-state index contributed by atoms with van der Waals surface area (Å²) < 4.78 is 11.2. The number of aliphatic hydroxyl groups is 1. The number of rotatable bonds is 7. The van der Waals surface area contributed by atoms with Crippen LogP contribution in [0.4, 0.5) is 0 Å². The second-order valence-electron chi connectivity index (χ2n) is 6.19. The highest BCUT2D eigenvalue weighted by Gasteiger charge is 2.16. The van der Waals surface area contributed by atoms with Gasteiger partial charge in [0.15, 0.2) is 0 Å². The molecule has 0 saturated heterocycles. The number of hydrogen-bond donors (Lipinski definition) is 2. The lowest BCUT2D eigenvalue weighted by molar-refractivity contribution is -0.117. The molecule has 5 heteroatoms. The van der Waals surface area contributed by atoms with Crippen molar-refractivity contribution < 1.29 is 19.1 Å². The Bertz CT molecular complexity index is 702. The number of benzene rings is 1. The summed E-state index contributed by atoms with van der Waals surface area (Å²) >= 11 is 0. The standard InChI is InChI=1S/C20H23NO4/c22-14-18(19-9-4-12-24-19)21-20(23)11-10-15-5-3-8-17(13-15)25-16-6-1-2-7-16/h3-5,8-13,16,18,22H,1-2,6-7,14H2,(H,21,23)/b11-10+. The molecule has 5 nitrogen and oxygen atoms in total. The molecule has 0 aliphatic heterocycles. The first-order valence-electron chi connectivity index (χ1n) is 8.64. The van der Waals surface area contributed by atoms with Gasteiger partial charge >= 0.3 is 0 Å². The molecule has 1 aliphatic rings. The molecule has 1 saturated carbocycles. The zero-order valence-electron chi connectivity index (χ0n) is 14.1. The van der Waals surface area contributed by atoms with Crippen molar-refractivity contribution in [2.75, 3.05) is 6.61 Å². The number of aliphatic hydroxyl groups excluding tert-OH is 1. The van der Waals surface area contributed by atoms with Crippen molar-refractivity contribution in [2.24, 2.45) is 0 Å². The molecule has 1 heterocycles. The summed E-state index contributed by atoms with van der Waals surface area (Å²) in [6.45, 7) is -0.224. The lowest BCUT2D eigenvalue weighted by Crippen LogP contribution is -2.28. The second kappa shape index (κ2) is 8.53. The van der Waals surface area contributed by atoms with Crippen LogP contribution in [0.1, 0.15) is 43.0 Å². The van der Waals surface area contributed by atoms with Crippen LogP contribution in [0.5, 0.6) is 5.75 Å². The SMILES string of the molecule is O=C(/C=C/c1cccc(OC2CCCC2)c1)NC(CO)c1ccco1. The Balaban J connectivity index is 1.58. The summed E-state index contributed by atoms with van der Waals surface area (Å²) in [4.78, 5) is 12.1. The molecule has 2 N–H and O–H groups in total. The lowest BCUT2D eigenvalue weighted by Gasteiger charge is -2.13. The zero-order valence-corrected chi connectivity index (χ0v) is 14.1. The third-order valence-corrected chi connectivity index (χ3v) is 4.28. The maximum Gasteiger partial charge on any atom is 0.244 e. The van der Waals surface area contributed by atoms with E-state index >= 15 is 0 Å². The highest BCUT2D eigenvalue weighted by atomic mass is 16.5. The summed E-state index contributed by atoms with van der Waals surface area (Å²) in [7, 11) is 0. The van der Waals surface area contributed by atoms with Gasteiger partial charge in [-0.15, -0.1) is 0 Å².